The van der Waals surface area contributed by atoms with E-state index in [0.29, 0.717) is 17.5 Å². The lowest BCUT2D eigenvalue weighted by atomic mass is 9.97. The van der Waals surface area contributed by atoms with Gasteiger partial charge in [-0.3, -0.25) is 0 Å². The van der Waals surface area contributed by atoms with E-state index in [1.54, 1.807) is 0 Å². The highest BCUT2D eigenvalue weighted by Gasteiger charge is 2.30. The molecule has 3 unspecified atom stereocenters. The van der Waals surface area contributed by atoms with Gasteiger partial charge in [-0.2, -0.15) is 0 Å². The fourth-order valence-electron chi connectivity index (χ4n) is 2.47. The monoisotopic (exact) mass is 240 g/mol. The van der Waals surface area contributed by atoms with Crippen molar-refractivity contribution in [3.8, 4) is 0 Å². The molecule has 0 amide bonds. The molecule has 17 heavy (non-hydrogen) atoms. The number of halogens is 2. The van der Waals surface area contributed by atoms with Gasteiger partial charge in [-0.05, 0) is 30.7 Å². The molecule has 4 heteroatoms. The van der Waals surface area contributed by atoms with Crippen LogP contribution in [0.5, 0.6) is 0 Å². The zero-order valence-corrected chi connectivity index (χ0v) is 10.1. The average Bonchev–Trinajstić information content (AvgIpc) is 2.57. The Kier molecular flexibility index (Phi) is 3.22. The molecule has 2 nitrogen and oxygen atoms in total. The van der Waals surface area contributed by atoms with Gasteiger partial charge in [0.25, 0.3) is 0 Å². The third-order valence-electron chi connectivity index (χ3n) is 3.90. The lowest BCUT2D eigenvalue weighted by molar-refractivity contribution is 0.435. The summed E-state index contributed by atoms with van der Waals surface area (Å²) < 4.78 is 26.4. The maximum Gasteiger partial charge on any atom is 0.151 e. The van der Waals surface area contributed by atoms with Crippen LogP contribution in [0.1, 0.15) is 26.7 Å². The first kappa shape index (κ1) is 12.1. The molecule has 1 saturated carbocycles. The molecule has 1 aliphatic rings. The second kappa shape index (κ2) is 4.51. The average molecular weight is 240 g/mol. The lowest BCUT2D eigenvalue weighted by Gasteiger charge is -2.22. The number of rotatable bonds is 2. The highest BCUT2D eigenvalue weighted by molar-refractivity contribution is 5.67. The van der Waals surface area contributed by atoms with Gasteiger partial charge in [-0.15, -0.1) is 0 Å². The standard InChI is InChI=1S/C13H18F2N2/c1-7-3-4-11(8(7)2)17-12-6-9(14)5-10(15)13(12)16/h5-8,11,17H,3-4,16H2,1-2H3. The molecule has 1 aromatic carbocycles. The van der Waals surface area contributed by atoms with Crippen molar-refractivity contribution in [2.75, 3.05) is 11.1 Å². The highest BCUT2D eigenvalue weighted by Crippen LogP contribution is 2.35. The molecule has 0 saturated heterocycles. The van der Waals surface area contributed by atoms with Crippen molar-refractivity contribution in [2.45, 2.75) is 32.7 Å². The zero-order chi connectivity index (χ0) is 12.6. The molecule has 0 aromatic heterocycles. The molecule has 0 bridgehead atoms. The van der Waals surface area contributed by atoms with Gasteiger partial charge in [0.15, 0.2) is 5.82 Å². The van der Waals surface area contributed by atoms with Gasteiger partial charge < -0.3 is 11.1 Å². The van der Waals surface area contributed by atoms with Gasteiger partial charge in [0, 0.05) is 12.1 Å². The summed E-state index contributed by atoms with van der Waals surface area (Å²) in [5.41, 5.74) is 5.97. The van der Waals surface area contributed by atoms with E-state index in [0.717, 1.165) is 18.9 Å². The Balaban J connectivity index is 2.19. The molecule has 0 radical (unpaired) electrons. The number of hydrogen-bond donors (Lipinski definition) is 2. The fourth-order valence-corrected chi connectivity index (χ4v) is 2.47. The Bertz CT molecular complexity index is 420. The van der Waals surface area contributed by atoms with Crippen LogP contribution in [-0.2, 0) is 0 Å². The Labute approximate surface area is 100 Å². The van der Waals surface area contributed by atoms with Gasteiger partial charge in [0.05, 0.1) is 11.4 Å². The first-order chi connectivity index (χ1) is 7.99. The first-order valence-electron chi connectivity index (χ1n) is 6.00. The predicted molar refractivity (Wildman–Crippen MR) is 65.7 cm³/mol. The van der Waals surface area contributed by atoms with E-state index < -0.39 is 11.6 Å². The number of hydrogen-bond acceptors (Lipinski definition) is 2. The minimum atomic E-state index is -0.703. The van der Waals surface area contributed by atoms with Crippen LogP contribution in [0, 0.1) is 23.5 Å². The van der Waals surface area contributed by atoms with Crippen molar-refractivity contribution in [3.05, 3.63) is 23.8 Å². The normalized spacial score (nSPS) is 28.4. The Morgan fingerprint density at radius 2 is 1.94 bits per heavy atom. The van der Waals surface area contributed by atoms with E-state index in [2.05, 4.69) is 19.2 Å². The summed E-state index contributed by atoms with van der Waals surface area (Å²) in [5, 5.41) is 3.17. The Morgan fingerprint density at radius 1 is 1.24 bits per heavy atom. The van der Waals surface area contributed by atoms with E-state index in [1.807, 2.05) is 0 Å². The maximum atomic E-state index is 13.3. The fraction of sp³-hybridized carbons (Fsp3) is 0.538. The molecule has 0 spiro atoms. The van der Waals surface area contributed by atoms with Crippen LogP contribution in [-0.4, -0.2) is 6.04 Å². The van der Waals surface area contributed by atoms with Crippen molar-refractivity contribution >= 4 is 11.4 Å². The summed E-state index contributed by atoms with van der Waals surface area (Å²) in [7, 11) is 0. The third kappa shape index (κ3) is 2.35. The summed E-state index contributed by atoms with van der Waals surface area (Å²) in [5.74, 6) is -0.183. The van der Waals surface area contributed by atoms with Crippen LogP contribution in [0.15, 0.2) is 12.1 Å². The van der Waals surface area contributed by atoms with Gasteiger partial charge in [0.2, 0.25) is 0 Å². The van der Waals surface area contributed by atoms with E-state index in [9.17, 15) is 8.78 Å². The largest absolute Gasteiger partial charge is 0.395 e. The van der Waals surface area contributed by atoms with E-state index in [1.165, 1.54) is 6.07 Å². The van der Waals surface area contributed by atoms with Gasteiger partial charge in [-0.1, -0.05) is 13.8 Å². The molecule has 0 heterocycles. The molecule has 2 rings (SSSR count). The smallest absolute Gasteiger partial charge is 0.151 e. The predicted octanol–water partition coefficient (Wildman–Crippen LogP) is 3.39. The summed E-state index contributed by atoms with van der Waals surface area (Å²) in [6, 6.07) is 2.31. The van der Waals surface area contributed by atoms with Gasteiger partial charge in [0.1, 0.15) is 5.82 Å². The first-order valence-corrected chi connectivity index (χ1v) is 6.00. The number of nitrogens with one attached hydrogen (secondary N) is 1. The van der Waals surface area contributed by atoms with Crippen LogP contribution in [0.2, 0.25) is 0 Å². The number of nitrogens with two attached hydrogens (primary N) is 1. The van der Waals surface area contributed by atoms with Crippen LogP contribution in [0.25, 0.3) is 0 Å². The van der Waals surface area contributed by atoms with Gasteiger partial charge in [-0.25, -0.2) is 8.78 Å². The van der Waals surface area contributed by atoms with Crippen LogP contribution >= 0.6 is 0 Å². The SMILES string of the molecule is CC1CCC(Nc2cc(F)cc(F)c2N)C1C. The summed E-state index contributed by atoms with van der Waals surface area (Å²) in [6.45, 7) is 4.35. The maximum absolute atomic E-state index is 13.3. The summed E-state index contributed by atoms with van der Waals surface area (Å²) in [4.78, 5) is 0. The quantitative estimate of drug-likeness (QED) is 0.777. The summed E-state index contributed by atoms with van der Waals surface area (Å²) in [6.07, 6.45) is 2.15. The molecule has 1 fully saturated rings. The topological polar surface area (TPSA) is 38.0 Å². The van der Waals surface area contributed by atoms with Crippen molar-refractivity contribution in [2.24, 2.45) is 11.8 Å². The molecule has 3 N–H and O–H groups in total. The number of anilines is 2. The van der Waals surface area contributed by atoms with Crippen molar-refractivity contribution < 1.29 is 8.78 Å². The van der Waals surface area contributed by atoms with E-state index in [4.69, 9.17) is 5.73 Å². The molecular formula is C13H18F2N2. The molecular weight excluding hydrogens is 222 g/mol. The van der Waals surface area contributed by atoms with E-state index >= 15 is 0 Å². The van der Waals surface area contributed by atoms with Crippen LogP contribution < -0.4 is 11.1 Å². The Hall–Kier alpha value is -1.32. The molecule has 1 aliphatic carbocycles. The van der Waals surface area contributed by atoms with E-state index in [-0.39, 0.29) is 11.7 Å². The van der Waals surface area contributed by atoms with Crippen LogP contribution in [0.3, 0.4) is 0 Å². The molecule has 0 aliphatic heterocycles. The molecule has 1 aromatic rings. The minimum absolute atomic E-state index is 0.00171. The molecule has 3 atom stereocenters. The van der Waals surface area contributed by atoms with Crippen molar-refractivity contribution in [1.29, 1.82) is 0 Å². The van der Waals surface area contributed by atoms with Crippen LogP contribution in [0.4, 0.5) is 20.2 Å². The second-order valence-corrected chi connectivity index (χ2v) is 5.01. The Morgan fingerprint density at radius 3 is 2.53 bits per heavy atom. The third-order valence-corrected chi connectivity index (χ3v) is 3.90. The molecule has 94 valence electrons. The van der Waals surface area contributed by atoms with Crippen molar-refractivity contribution in [3.63, 3.8) is 0 Å². The second-order valence-electron chi connectivity index (χ2n) is 5.01. The number of nitrogen functional groups attached to an aromatic ring is 1. The lowest BCUT2D eigenvalue weighted by Crippen LogP contribution is -2.24. The van der Waals surface area contributed by atoms with Gasteiger partial charge >= 0.3 is 0 Å². The highest BCUT2D eigenvalue weighted by atomic mass is 19.1. The zero-order valence-electron chi connectivity index (χ0n) is 10.1. The summed E-state index contributed by atoms with van der Waals surface area (Å²) >= 11 is 0. The minimum Gasteiger partial charge on any atom is -0.395 e. The number of benzene rings is 1. The van der Waals surface area contributed by atoms with Crippen molar-refractivity contribution in [1.82, 2.24) is 0 Å².